The predicted molar refractivity (Wildman–Crippen MR) is 74.5 cm³/mol. The number of benzene rings is 1. The third-order valence-electron chi connectivity index (χ3n) is 3.04. The molecule has 0 saturated carbocycles. The Hall–Kier alpha value is -1.00. The summed E-state index contributed by atoms with van der Waals surface area (Å²) in [4.78, 5) is 14.0. The Morgan fingerprint density at radius 3 is 2.83 bits per heavy atom. The lowest BCUT2D eigenvalue weighted by Crippen LogP contribution is -2.38. The van der Waals surface area contributed by atoms with Crippen LogP contribution in [0, 0.1) is 6.92 Å². The number of ether oxygens (including phenoxy) is 1. The lowest BCUT2D eigenvalue weighted by atomic mass is 10.1. The first-order chi connectivity index (χ1) is 8.70. The van der Waals surface area contributed by atoms with Gasteiger partial charge in [0, 0.05) is 18.2 Å². The van der Waals surface area contributed by atoms with Gasteiger partial charge in [-0.3, -0.25) is 9.69 Å². The maximum absolute atomic E-state index is 11.8. The largest absolute Gasteiger partial charge is 0.465 e. The number of aryl methyl sites for hydroxylation is 1. The van der Waals surface area contributed by atoms with Gasteiger partial charge in [-0.05, 0) is 19.4 Å². The SMILES string of the molecule is CCOC(=O)C1CSCN1Cc1ccc(C)cc1. The van der Waals surface area contributed by atoms with E-state index >= 15 is 0 Å². The molecule has 1 unspecified atom stereocenters. The quantitative estimate of drug-likeness (QED) is 0.782. The number of rotatable bonds is 4. The molecule has 0 radical (unpaired) electrons. The van der Waals surface area contributed by atoms with Crippen molar-refractivity contribution in [2.45, 2.75) is 26.4 Å². The fraction of sp³-hybridized carbons (Fsp3) is 0.500. The Morgan fingerprint density at radius 2 is 2.17 bits per heavy atom. The molecule has 1 aromatic carbocycles. The molecule has 1 saturated heterocycles. The number of carbonyl (C=O) groups is 1. The first-order valence-electron chi connectivity index (χ1n) is 6.24. The van der Waals surface area contributed by atoms with Gasteiger partial charge in [-0.2, -0.15) is 0 Å². The maximum Gasteiger partial charge on any atom is 0.324 e. The summed E-state index contributed by atoms with van der Waals surface area (Å²) in [5.41, 5.74) is 2.51. The zero-order valence-corrected chi connectivity index (χ0v) is 11.7. The van der Waals surface area contributed by atoms with E-state index in [2.05, 4.69) is 36.1 Å². The lowest BCUT2D eigenvalue weighted by molar-refractivity contribution is -0.148. The van der Waals surface area contributed by atoms with E-state index in [1.54, 1.807) is 11.8 Å². The van der Waals surface area contributed by atoms with Crippen molar-refractivity contribution in [3.05, 3.63) is 35.4 Å². The van der Waals surface area contributed by atoms with E-state index in [4.69, 9.17) is 4.74 Å². The zero-order valence-electron chi connectivity index (χ0n) is 10.9. The molecule has 4 heteroatoms. The van der Waals surface area contributed by atoms with Crippen molar-refractivity contribution in [3.8, 4) is 0 Å². The van der Waals surface area contributed by atoms with Gasteiger partial charge < -0.3 is 4.74 Å². The van der Waals surface area contributed by atoms with E-state index in [1.165, 1.54) is 11.1 Å². The molecule has 1 aliphatic heterocycles. The van der Waals surface area contributed by atoms with Gasteiger partial charge >= 0.3 is 5.97 Å². The van der Waals surface area contributed by atoms with Crippen molar-refractivity contribution in [2.75, 3.05) is 18.2 Å². The summed E-state index contributed by atoms with van der Waals surface area (Å²) in [6.07, 6.45) is 0. The highest BCUT2D eigenvalue weighted by molar-refractivity contribution is 7.99. The minimum atomic E-state index is -0.0883. The second kappa shape index (κ2) is 6.25. The lowest BCUT2D eigenvalue weighted by Gasteiger charge is -2.21. The Bertz CT molecular complexity index is 405. The van der Waals surface area contributed by atoms with E-state index < -0.39 is 0 Å². The molecule has 0 aliphatic carbocycles. The molecule has 2 rings (SSSR count). The molecule has 1 fully saturated rings. The first-order valence-corrected chi connectivity index (χ1v) is 7.40. The van der Waals surface area contributed by atoms with Crippen LogP contribution in [0.3, 0.4) is 0 Å². The second-order valence-corrected chi connectivity index (χ2v) is 5.50. The van der Waals surface area contributed by atoms with Gasteiger partial charge in [-0.25, -0.2) is 0 Å². The average Bonchev–Trinajstić information content (AvgIpc) is 2.81. The second-order valence-electron chi connectivity index (χ2n) is 4.50. The summed E-state index contributed by atoms with van der Waals surface area (Å²) in [6, 6.07) is 8.38. The first kappa shape index (κ1) is 13.4. The molecule has 3 nitrogen and oxygen atoms in total. The van der Waals surface area contributed by atoms with Crippen molar-refractivity contribution < 1.29 is 9.53 Å². The van der Waals surface area contributed by atoms with Gasteiger partial charge in [-0.15, -0.1) is 11.8 Å². The Morgan fingerprint density at radius 1 is 1.44 bits per heavy atom. The minimum absolute atomic E-state index is 0.0868. The normalized spacial score (nSPS) is 20.0. The van der Waals surface area contributed by atoms with Crippen molar-refractivity contribution in [3.63, 3.8) is 0 Å². The standard InChI is InChI=1S/C14H19NO2S/c1-3-17-14(16)13-9-18-10-15(13)8-12-6-4-11(2)5-7-12/h4-7,13H,3,8-10H2,1-2H3. The number of nitrogens with zero attached hydrogens (tertiary/aromatic N) is 1. The van der Waals surface area contributed by atoms with E-state index in [0.717, 1.165) is 18.2 Å². The molecule has 1 aliphatic rings. The highest BCUT2D eigenvalue weighted by atomic mass is 32.2. The topological polar surface area (TPSA) is 29.5 Å². The summed E-state index contributed by atoms with van der Waals surface area (Å²) in [5.74, 6) is 1.65. The Kier molecular flexibility index (Phi) is 4.66. The van der Waals surface area contributed by atoms with Crippen molar-refractivity contribution in [1.82, 2.24) is 4.90 Å². The van der Waals surface area contributed by atoms with Crippen LogP contribution in [0.5, 0.6) is 0 Å². The third-order valence-corrected chi connectivity index (χ3v) is 4.10. The summed E-state index contributed by atoms with van der Waals surface area (Å²) in [5, 5.41) is 0. The van der Waals surface area contributed by atoms with Gasteiger partial charge in [0.15, 0.2) is 0 Å². The fourth-order valence-electron chi connectivity index (χ4n) is 2.02. The minimum Gasteiger partial charge on any atom is -0.465 e. The van der Waals surface area contributed by atoms with Gasteiger partial charge in [0.05, 0.1) is 6.61 Å². The highest BCUT2D eigenvalue weighted by Crippen LogP contribution is 2.24. The van der Waals surface area contributed by atoms with Crippen LogP contribution in [-0.4, -0.2) is 35.1 Å². The van der Waals surface area contributed by atoms with E-state index in [-0.39, 0.29) is 12.0 Å². The van der Waals surface area contributed by atoms with Gasteiger partial charge in [-0.1, -0.05) is 29.8 Å². The van der Waals surface area contributed by atoms with E-state index in [1.807, 2.05) is 6.92 Å². The van der Waals surface area contributed by atoms with Crippen LogP contribution in [0.15, 0.2) is 24.3 Å². The van der Waals surface area contributed by atoms with Crippen LogP contribution in [0.1, 0.15) is 18.1 Å². The summed E-state index contributed by atoms with van der Waals surface area (Å²) in [6.45, 7) is 5.20. The fourth-order valence-corrected chi connectivity index (χ4v) is 3.20. The number of hydrogen-bond acceptors (Lipinski definition) is 4. The van der Waals surface area contributed by atoms with Crippen LogP contribution in [-0.2, 0) is 16.1 Å². The monoisotopic (exact) mass is 265 g/mol. The van der Waals surface area contributed by atoms with E-state index in [0.29, 0.717) is 6.61 Å². The van der Waals surface area contributed by atoms with Crippen LogP contribution in [0.4, 0.5) is 0 Å². The van der Waals surface area contributed by atoms with Gasteiger partial charge in [0.1, 0.15) is 6.04 Å². The van der Waals surface area contributed by atoms with Crippen LogP contribution >= 0.6 is 11.8 Å². The summed E-state index contributed by atoms with van der Waals surface area (Å²) in [7, 11) is 0. The van der Waals surface area contributed by atoms with Gasteiger partial charge in [0.2, 0.25) is 0 Å². The molecule has 18 heavy (non-hydrogen) atoms. The van der Waals surface area contributed by atoms with Gasteiger partial charge in [0.25, 0.3) is 0 Å². The van der Waals surface area contributed by atoms with Crippen LogP contribution in [0.2, 0.25) is 0 Å². The molecular formula is C14H19NO2S. The van der Waals surface area contributed by atoms with E-state index in [9.17, 15) is 4.79 Å². The number of carbonyl (C=O) groups excluding carboxylic acids is 1. The van der Waals surface area contributed by atoms with Crippen molar-refractivity contribution >= 4 is 17.7 Å². The Labute approximate surface area is 113 Å². The highest BCUT2D eigenvalue weighted by Gasteiger charge is 2.32. The molecule has 0 bridgehead atoms. The molecular weight excluding hydrogens is 246 g/mol. The number of esters is 1. The van der Waals surface area contributed by atoms with Crippen LogP contribution < -0.4 is 0 Å². The molecule has 0 amide bonds. The number of hydrogen-bond donors (Lipinski definition) is 0. The smallest absolute Gasteiger partial charge is 0.324 e. The number of thioether (sulfide) groups is 1. The summed E-state index contributed by atoms with van der Waals surface area (Å²) < 4.78 is 5.12. The molecule has 1 heterocycles. The predicted octanol–water partition coefficient (Wildman–Crippen LogP) is 2.43. The Balaban J connectivity index is 1.99. The average molecular weight is 265 g/mol. The van der Waals surface area contributed by atoms with Crippen LogP contribution in [0.25, 0.3) is 0 Å². The maximum atomic E-state index is 11.8. The van der Waals surface area contributed by atoms with Crippen molar-refractivity contribution in [2.24, 2.45) is 0 Å². The third kappa shape index (κ3) is 3.27. The molecule has 0 spiro atoms. The molecule has 1 atom stereocenters. The molecule has 0 N–H and O–H groups in total. The molecule has 0 aromatic heterocycles. The zero-order chi connectivity index (χ0) is 13.0. The molecule has 98 valence electrons. The molecule has 1 aromatic rings. The summed E-state index contributed by atoms with van der Waals surface area (Å²) >= 11 is 1.79. The van der Waals surface area contributed by atoms with Crippen molar-refractivity contribution in [1.29, 1.82) is 0 Å².